The van der Waals surface area contributed by atoms with Crippen LogP contribution >= 0.6 is 11.6 Å². The lowest BCUT2D eigenvalue weighted by molar-refractivity contribution is -0.131. The molecule has 1 saturated heterocycles. The van der Waals surface area contributed by atoms with Gasteiger partial charge in [-0.1, -0.05) is 23.7 Å². The van der Waals surface area contributed by atoms with Crippen molar-refractivity contribution < 1.29 is 19.2 Å². The van der Waals surface area contributed by atoms with Crippen LogP contribution in [0.15, 0.2) is 24.3 Å². The Morgan fingerprint density at radius 1 is 1.25 bits per heavy atom. The first-order valence-corrected chi connectivity index (χ1v) is 7.57. The van der Waals surface area contributed by atoms with Crippen molar-refractivity contribution in [3.05, 3.63) is 34.9 Å². The largest absolute Gasteiger partial charge is 0.341 e. The lowest BCUT2D eigenvalue weighted by Gasteiger charge is -2.22. The minimum absolute atomic E-state index is 0.128. The van der Waals surface area contributed by atoms with Crippen LogP contribution in [0.4, 0.5) is 9.59 Å². The Morgan fingerprint density at radius 3 is 2.46 bits per heavy atom. The molecule has 24 heavy (non-hydrogen) atoms. The summed E-state index contributed by atoms with van der Waals surface area (Å²) < 4.78 is 0. The van der Waals surface area contributed by atoms with Crippen LogP contribution in [0.5, 0.6) is 0 Å². The van der Waals surface area contributed by atoms with Crippen molar-refractivity contribution in [3.8, 4) is 0 Å². The zero-order valence-electron chi connectivity index (χ0n) is 13.2. The zero-order chi connectivity index (χ0) is 17.9. The predicted octanol–water partition coefficient (Wildman–Crippen LogP) is 0.953. The van der Waals surface area contributed by atoms with E-state index in [9.17, 15) is 19.2 Å². The molecule has 1 aliphatic heterocycles. The summed E-state index contributed by atoms with van der Waals surface area (Å²) in [7, 11) is 1.37. The standard InChI is InChI=1S/C15H17ClN4O4/c1-15(9-3-5-10(16)6-4-9)12(22)20(14(24)19-15)8-7-11(21)18-13(23)17-2/h3-6H,7-8H2,1-2H3,(H,19,24)(H2,17,18,21,23). The Morgan fingerprint density at radius 2 is 1.88 bits per heavy atom. The highest BCUT2D eigenvalue weighted by Crippen LogP contribution is 2.29. The van der Waals surface area contributed by atoms with Gasteiger partial charge in [0.25, 0.3) is 5.91 Å². The van der Waals surface area contributed by atoms with Crippen LogP contribution < -0.4 is 16.0 Å². The molecular formula is C15H17ClN4O4. The molecule has 9 heteroatoms. The van der Waals surface area contributed by atoms with E-state index in [4.69, 9.17) is 11.6 Å². The molecule has 6 amide bonds. The van der Waals surface area contributed by atoms with Crippen molar-refractivity contribution in [2.75, 3.05) is 13.6 Å². The van der Waals surface area contributed by atoms with Gasteiger partial charge >= 0.3 is 12.1 Å². The number of carbonyl (C=O) groups excluding carboxylic acids is 4. The highest BCUT2D eigenvalue weighted by Gasteiger charge is 2.48. The van der Waals surface area contributed by atoms with E-state index in [2.05, 4.69) is 16.0 Å². The van der Waals surface area contributed by atoms with E-state index in [1.54, 1.807) is 31.2 Å². The molecule has 3 N–H and O–H groups in total. The molecule has 1 unspecified atom stereocenters. The number of hydrogen-bond acceptors (Lipinski definition) is 4. The summed E-state index contributed by atoms with van der Waals surface area (Å²) in [5, 5.41) is 7.45. The molecule has 1 atom stereocenters. The summed E-state index contributed by atoms with van der Waals surface area (Å²) in [6.45, 7) is 1.46. The number of amides is 6. The molecule has 2 rings (SSSR count). The van der Waals surface area contributed by atoms with Gasteiger partial charge in [-0.25, -0.2) is 9.59 Å². The summed E-state index contributed by atoms with van der Waals surface area (Å²) in [5.41, 5.74) is -0.638. The third-order valence-corrected chi connectivity index (χ3v) is 3.99. The summed E-state index contributed by atoms with van der Waals surface area (Å²) in [4.78, 5) is 48.3. The van der Waals surface area contributed by atoms with E-state index in [-0.39, 0.29) is 13.0 Å². The van der Waals surface area contributed by atoms with E-state index in [0.29, 0.717) is 10.6 Å². The Balaban J connectivity index is 2.07. The molecule has 0 aromatic heterocycles. The van der Waals surface area contributed by atoms with Crippen LogP contribution in [0.1, 0.15) is 18.9 Å². The summed E-state index contributed by atoms with van der Waals surface area (Å²) in [5.74, 6) is -1.06. The maximum atomic E-state index is 12.6. The topological polar surface area (TPSA) is 108 Å². The summed E-state index contributed by atoms with van der Waals surface area (Å²) in [6.07, 6.45) is -0.177. The normalized spacial score (nSPS) is 19.9. The molecular weight excluding hydrogens is 336 g/mol. The predicted molar refractivity (Wildman–Crippen MR) is 86.3 cm³/mol. The van der Waals surface area contributed by atoms with Gasteiger partial charge in [-0.05, 0) is 24.6 Å². The fourth-order valence-corrected chi connectivity index (χ4v) is 2.47. The number of imide groups is 2. The molecule has 1 heterocycles. The van der Waals surface area contributed by atoms with Crippen LogP contribution in [0.3, 0.4) is 0 Å². The van der Waals surface area contributed by atoms with Gasteiger partial charge in [0.15, 0.2) is 0 Å². The van der Waals surface area contributed by atoms with E-state index >= 15 is 0 Å². The summed E-state index contributed by atoms with van der Waals surface area (Å²) in [6, 6.07) is 5.32. The minimum atomic E-state index is -1.22. The van der Waals surface area contributed by atoms with E-state index < -0.39 is 29.4 Å². The second kappa shape index (κ2) is 6.88. The Kier molecular flexibility index (Phi) is 5.08. The second-order valence-electron chi connectivity index (χ2n) is 5.40. The lowest BCUT2D eigenvalue weighted by atomic mass is 9.92. The highest BCUT2D eigenvalue weighted by molar-refractivity contribution is 6.30. The van der Waals surface area contributed by atoms with Crippen LogP contribution in [0.25, 0.3) is 0 Å². The highest BCUT2D eigenvalue weighted by atomic mass is 35.5. The molecule has 1 aliphatic rings. The smallest absolute Gasteiger partial charge is 0.325 e. The molecule has 1 aromatic carbocycles. The first-order chi connectivity index (χ1) is 11.3. The number of urea groups is 2. The van der Waals surface area contributed by atoms with E-state index in [0.717, 1.165) is 4.90 Å². The second-order valence-corrected chi connectivity index (χ2v) is 5.83. The molecule has 128 valence electrons. The third kappa shape index (κ3) is 3.48. The molecule has 0 aliphatic carbocycles. The van der Waals surface area contributed by atoms with Gasteiger partial charge < -0.3 is 10.6 Å². The molecule has 1 aromatic rings. The average molecular weight is 353 g/mol. The number of nitrogens with one attached hydrogen (secondary N) is 3. The van der Waals surface area contributed by atoms with Crippen LogP contribution in [-0.2, 0) is 15.1 Å². The van der Waals surface area contributed by atoms with Gasteiger partial charge in [0.2, 0.25) is 5.91 Å². The van der Waals surface area contributed by atoms with Gasteiger partial charge in [0, 0.05) is 25.0 Å². The number of halogens is 1. The minimum Gasteiger partial charge on any atom is -0.341 e. The van der Waals surface area contributed by atoms with Crippen molar-refractivity contribution in [2.24, 2.45) is 0 Å². The Hall–Kier alpha value is -2.61. The van der Waals surface area contributed by atoms with Gasteiger partial charge in [0.1, 0.15) is 5.54 Å². The SMILES string of the molecule is CNC(=O)NC(=O)CCN1C(=O)NC(C)(c2ccc(Cl)cc2)C1=O. The monoisotopic (exact) mass is 352 g/mol. The maximum Gasteiger partial charge on any atom is 0.325 e. The van der Waals surface area contributed by atoms with Crippen LogP contribution in [-0.4, -0.2) is 42.4 Å². The molecule has 0 radical (unpaired) electrons. The van der Waals surface area contributed by atoms with E-state index in [1.807, 2.05) is 0 Å². The summed E-state index contributed by atoms with van der Waals surface area (Å²) >= 11 is 5.84. The Labute approximate surface area is 143 Å². The van der Waals surface area contributed by atoms with Crippen molar-refractivity contribution in [1.29, 1.82) is 0 Å². The van der Waals surface area contributed by atoms with Gasteiger partial charge in [-0.3, -0.25) is 19.8 Å². The quantitative estimate of drug-likeness (QED) is 0.701. The van der Waals surface area contributed by atoms with E-state index in [1.165, 1.54) is 7.05 Å². The number of nitrogens with zero attached hydrogens (tertiary/aromatic N) is 1. The first-order valence-electron chi connectivity index (χ1n) is 7.19. The number of carbonyl (C=O) groups is 4. The van der Waals surface area contributed by atoms with Crippen molar-refractivity contribution in [3.63, 3.8) is 0 Å². The molecule has 1 fully saturated rings. The number of hydrogen-bond donors (Lipinski definition) is 3. The van der Waals surface area contributed by atoms with Crippen LogP contribution in [0.2, 0.25) is 5.02 Å². The fourth-order valence-electron chi connectivity index (χ4n) is 2.34. The third-order valence-electron chi connectivity index (χ3n) is 3.74. The van der Waals surface area contributed by atoms with Gasteiger partial charge in [-0.15, -0.1) is 0 Å². The molecule has 0 saturated carbocycles. The zero-order valence-corrected chi connectivity index (χ0v) is 13.9. The average Bonchev–Trinajstić information content (AvgIpc) is 2.76. The molecule has 8 nitrogen and oxygen atoms in total. The van der Waals surface area contributed by atoms with Gasteiger partial charge in [0.05, 0.1) is 0 Å². The Bertz CT molecular complexity index is 691. The van der Waals surface area contributed by atoms with Crippen molar-refractivity contribution >= 4 is 35.5 Å². The van der Waals surface area contributed by atoms with Crippen LogP contribution in [0, 0.1) is 0 Å². The number of benzene rings is 1. The van der Waals surface area contributed by atoms with Gasteiger partial charge in [-0.2, -0.15) is 0 Å². The van der Waals surface area contributed by atoms with Crippen molar-refractivity contribution in [1.82, 2.24) is 20.9 Å². The molecule has 0 spiro atoms. The fraction of sp³-hybridized carbons (Fsp3) is 0.333. The first kappa shape index (κ1) is 17.7. The molecule has 0 bridgehead atoms. The van der Waals surface area contributed by atoms with Crippen molar-refractivity contribution in [2.45, 2.75) is 18.9 Å². The lowest BCUT2D eigenvalue weighted by Crippen LogP contribution is -2.42. The maximum absolute atomic E-state index is 12.6. The number of rotatable bonds is 4.